The first kappa shape index (κ1) is 53.9. The predicted molar refractivity (Wildman–Crippen MR) is 13.8 cm³/mol. The third-order valence-corrected chi connectivity index (χ3v) is 0. The molecule has 0 rings (SSSR count). The Hall–Kier alpha value is 2.34. The fourth-order valence-corrected chi connectivity index (χ4v) is 0. The van der Waals surface area contributed by atoms with Gasteiger partial charge in [-0.15, -0.1) is 0 Å². The second-order valence-electron chi connectivity index (χ2n) is 0. The van der Waals surface area contributed by atoms with E-state index < -0.39 is 0 Å². The fraction of sp³-hybridized carbons (Fsp3) is 0. The zero-order chi connectivity index (χ0) is 0. The van der Waals surface area contributed by atoms with E-state index >= 15 is 0 Å². The van der Waals surface area contributed by atoms with E-state index in [4.69, 9.17) is 0 Å². The van der Waals surface area contributed by atoms with Crippen LogP contribution in [0.3, 0.4) is 0 Å². The standard InChI is InChI=1S/3Ni.2P/q3*+2;2*-3. The van der Waals surface area contributed by atoms with Crippen LogP contribution in [-0.4, -0.2) is 0 Å². The molecule has 0 nitrogen and oxygen atoms in total. The summed E-state index contributed by atoms with van der Waals surface area (Å²) in [5.74, 6) is 0. The quantitative estimate of drug-likeness (QED) is 0.445. The van der Waals surface area contributed by atoms with Gasteiger partial charge in [-0.05, 0) is 0 Å². The molecule has 0 bridgehead atoms. The Bertz CT molecular complexity index is 4.85. The van der Waals surface area contributed by atoms with Crippen molar-refractivity contribution in [2.75, 3.05) is 0 Å². The molecule has 0 aromatic heterocycles. The van der Waals surface area contributed by atoms with Crippen molar-refractivity contribution in [3.8, 4) is 0 Å². The minimum absolute atomic E-state index is 0. The zero-order valence-electron chi connectivity index (χ0n) is 1.84. The molecule has 0 fully saturated rings. The van der Waals surface area contributed by atoms with E-state index in [1.165, 1.54) is 0 Å². The SMILES string of the molecule is [Ni+2].[Ni+2].[Ni+2].[P-3].[P-3]. The molecule has 0 unspecified atom stereocenters. The van der Waals surface area contributed by atoms with Crippen LogP contribution in [0.2, 0.25) is 0 Å². The van der Waals surface area contributed by atoms with Crippen molar-refractivity contribution >= 4 is 19.8 Å². The topological polar surface area (TPSA) is 0 Å². The summed E-state index contributed by atoms with van der Waals surface area (Å²) in [6.07, 6.45) is 0. The molecule has 0 aliphatic rings. The minimum atomic E-state index is 0. The average Bonchev–Trinajstić information content (AvgIpc) is 0. The van der Waals surface area contributed by atoms with Gasteiger partial charge in [-0.1, -0.05) is 0 Å². The van der Waals surface area contributed by atoms with Crippen molar-refractivity contribution in [1.29, 1.82) is 0 Å². The van der Waals surface area contributed by atoms with Gasteiger partial charge >= 0.3 is 49.5 Å². The van der Waals surface area contributed by atoms with Gasteiger partial charge in [0.15, 0.2) is 0 Å². The van der Waals surface area contributed by atoms with Gasteiger partial charge in [0.05, 0.1) is 0 Å². The van der Waals surface area contributed by atoms with Gasteiger partial charge in [0.25, 0.3) is 0 Å². The number of hydrogen-bond donors (Lipinski definition) is 0. The maximum atomic E-state index is 0. The number of rotatable bonds is 0. The Morgan fingerprint density at radius 3 is 0.400 bits per heavy atom. The van der Waals surface area contributed by atoms with Crippen molar-refractivity contribution in [2.24, 2.45) is 0 Å². The Labute approximate surface area is 69.0 Å². The van der Waals surface area contributed by atoms with Crippen molar-refractivity contribution < 1.29 is 49.5 Å². The smallest absolute Gasteiger partial charge is 2.00 e. The Balaban J connectivity index is 0. The summed E-state index contributed by atoms with van der Waals surface area (Å²) in [5.41, 5.74) is 0. The molecule has 0 heterocycles. The molecule has 0 saturated carbocycles. The molecule has 0 saturated heterocycles. The van der Waals surface area contributed by atoms with E-state index in [0.29, 0.717) is 0 Å². The van der Waals surface area contributed by atoms with Crippen LogP contribution in [0.1, 0.15) is 0 Å². The molecule has 0 amide bonds. The van der Waals surface area contributed by atoms with E-state index in [-0.39, 0.29) is 69.3 Å². The zero-order valence-corrected chi connectivity index (χ0v) is 6.59. The second kappa shape index (κ2) is 33.0. The molecule has 5 heavy (non-hydrogen) atoms. The summed E-state index contributed by atoms with van der Waals surface area (Å²) < 4.78 is 0. The third-order valence-electron chi connectivity index (χ3n) is 0. The molecule has 0 spiro atoms. The van der Waals surface area contributed by atoms with Crippen LogP contribution in [0.25, 0.3) is 0 Å². The minimum Gasteiger partial charge on any atom is -3.00 e. The fourth-order valence-electron chi connectivity index (χ4n) is 0. The molecule has 0 aliphatic heterocycles. The molecular formula is Ni3P2. The van der Waals surface area contributed by atoms with E-state index in [0.717, 1.165) is 0 Å². The van der Waals surface area contributed by atoms with Gasteiger partial charge < -0.3 is 19.8 Å². The first-order valence-electron chi connectivity index (χ1n) is 0. The average molecular weight is 238 g/mol. The van der Waals surface area contributed by atoms with Crippen molar-refractivity contribution in [3.05, 3.63) is 0 Å². The maximum absolute atomic E-state index is 0. The molecule has 0 aromatic rings. The van der Waals surface area contributed by atoms with Crippen LogP contribution in [0.15, 0.2) is 0 Å². The van der Waals surface area contributed by atoms with E-state index in [9.17, 15) is 0 Å². The largest absolute Gasteiger partial charge is 3.00 e. The molecule has 40 valence electrons. The molecule has 5 heteroatoms. The summed E-state index contributed by atoms with van der Waals surface area (Å²) in [5, 5.41) is 0. The van der Waals surface area contributed by atoms with Crippen molar-refractivity contribution in [3.63, 3.8) is 0 Å². The molecule has 0 aromatic carbocycles. The van der Waals surface area contributed by atoms with Gasteiger partial charge in [0.1, 0.15) is 0 Å². The Morgan fingerprint density at radius 2 is 0.400 bits per heavy atom. The first-order chi connectivity index (χ1) is 0. The van der Waals surface area contributed by atoms with Crippen LogP contribution in [-0.2, 0) is 49.5 Å². The third kappa shape index (κ3) is 21.8. The number of hydrogen-bond acceptors (Lipinski definition) is 0. The molecular weight excluding hydrogens is 238 g/mol. The van der Waals surface area contributed by atoms with Gasteiger partial charge in [0.2, 0.25) is 0 Å². The Morgan fingerprint density at radius 1 is 0.400 bits per heavy atom. The van der Waals surface area contributed by atoms with Crippen LogP contribution < -0.4 is 0 Å². The van der Waals surface area contributed by atoms with E-state index in [1.54, 1.807) is 0 Å². The molecule has 0 radical (unpaired) electrons. The summed E-state index contributed by atoms with van der Waals surface area (Å²) in [6, 6.07) is 0. The molecule has 0 aliphatic carbocycles. The summed E-state index contributed by atoms with van der Waals surface area (Å²) in [6.45, 7) is 0. The van der Waals surface area contributed by atoms with Crippen LogP contribution in [0.4, 0.5) is 0 Å². The van der Waals surface area contributed by atoms with Crippen molar-refractivity contribution in [2.45, 2.75) is 0 Å². The van der Waals surface area contributed by atoms with E-state index in [1.807, 2.05) is 0 Å². The van der Waals surface area contributed by atoms with Crippen LogP contribution in [0.5, 0.6) is 0 Å². The monoisotopic (exact) mass is 236 g/mol. The summed E-state index contributed by atoms with van der Waals surface area (Å²) in [7, 11) is 0. The summed E-state index contributed by atoms with van der Waals surface area (Å²) >= 11 is 0. The van der Waals surface area contributed by atoms with Gasteiger partial charge in [-0.25, -0.2) is 0 Å². The van der Waals surface area contributed by atoms with Gasteiger partial charge in [-0.3, -0.25) is 0 Å². The molecule has 0 N–H and O–H groups in total. The van der Waals surface area contributed by atoms with Crippen LogP contribution >= 0.6 is 19.8 Å². The Kier molecular flexibility index (Phi) is 356. The van der Waals surface area contributed by atoms with Gasteiger partial charge in [0, 0.05) is 0 Å². The van der Waals surface area contributed by atoms with Crippen LogP contribution in [0, 0.1) is 0 Å². The van der Waals surface area contributed by atoms with Gasteiger partial charge in [-0.2, -0.15) is 0 Å². The second-order valence-corrected chi connectivity index (χ2v) is 0. The maximum Gasteiger partial charge on any atom is 2.00 e. The van der Waals surface area contributed by atoms with E-state index in [2.05, 4.69) is 0 Å². The summed E-state index contributed by atoms with van der Waals surface area (Å²) in [4.78, 5) is 0. The predicted octanol–water partition coefficient (Wildman–Crippen LogP) is 1.71. The van der Waals surface area contributed by atoms with Crippen molar-refractivity contribution in [1.82, 2.24) is 0 Å². The first-order valence-corrected chi connectivity index (χ1v) is 0. The normalized spacial score (nSPS) is 0. The molecule has 0 atom stereocenters.